The van der Waals surface area contributed by atoms with Crippen molar-refractivity contribution in [3.05, 3.63) is 63.6 Å². The third kappa shape index (κ3) is 4.09. The Morgan fingerprint density at radius 3 is 2.58 bits per heavy atom. The Balaban J connectivity index is 2.30. The molecule has 0 unspecified atom stereocenters. The van der Waals surface area contributed by atoms with Gasteiger partial charge < -0.3 is 10.4 Å². The van der Waals surface area contributed by atoms with Gasteiger partial charge in [-0.2, -0.15) is 5.26 Å². The molecule has 0 radical (unpaired) electrons. The summed E-state index contributed by atoms with van der Waals surface area (Å²) in [4.78, 5) is 23.9. The van der Waals surface area contributed by atoms with Gasteiger partial charge in [0, 0.05) is 5.56 Å². The van der Waals surface area contributed by atoms with Gasteiger partial charge in [-0.1, -0.05) is 18.2 Å². The van der Waals surface area contributed by atoms with Gasteiger partial charge in [-0.05, 0) is 58.8 Å². The molecule has 0 atom stereocenters. The number of Topliss-reactive ketones (excluding diaryl/α,β-unsaturated/α-hetero) is 1. The number of nitrogens with one attached hydrogen (secondary N) is 1. The maximum absolute atomic E-state index is 12.3. The summed E-state index contributed by atoms with van der Waals surface area (Å²) in [5.41, 5.74) is 1.18. The average Bonchev–Trinajstić information content (AvgIpc) is 2.56. The van der Waals surface area contributed by atoms with E-state index in [4.69, 9.17) is 0 Å². The lowest BCUT2D eigenvalue weighted by atomic mass is 10.1. The minimum Gasteiger partial charge on any atom is -0.507 e. The van der Waals surface area contributed by atoms with Crippen molar-refractivity contribution in [1.82, 2.24) is 0 Å². The zero-order chi connectivity index (χ0) is 17.7. The van der Waals surface area contributed by atoms with Crippen LogP contribution in [0.2, 0.25) is 0 Å². The first-order valence-electron chi connectivity index (χ1n) is 6.94. The van der Waals surface area contributed by atoms with Crippen LogP contribution in [0.15, 0.2) is 52.5 Å². The lowest BCUT2D eigenvalue weighted by Crippen LogP contribution is -2.15. The highest BCUT2D eigenvalue weighted by molar-refractivity contribution is 9.10. The molecule has 0 aromatic heterocycles. The lowest BCUT2D eigenvalue weighted by Gasteiger charge is -2.08. The first-order valence-corrected chi connectivity index (χ1v) is 7.73. The molecular weight excluding hydrogens is 372 g/mol. The van der Waals surface area contributed by atoms with Gasteiger partial charge in [-0.15, -0.1) is 0 Å². The second-order valence-electron chi connectivity index (χ2n) is 4.94. The third-order valence-electron chi connectivity index (χ3n) is 3.20. The van der Waals surface area contributed by atoms with E-state index < -0.39 is 5.91 Å². The van der Waals surface area contributed by atoms with E-state index in [2.05, 4.69) is 21.2 Å². The molecular formula is C18H13BrN2O3. The number of aromatic hydroxyl groups is 1. The van der Waals surface area contributed by atoms with Crippen molar-refractivity contribution in [3.8, 4) is 11.8 Å². The van der Waals surface area contributed by atoms with Crippen molar-refractivity contribution in [2.75, 3.05) is 5.32 Å². The highest BCUT2D eigenvalue weighted by Crippen LogP contribution is 2.25. The van der Waals surface area contributed by atoms with Gasteiger partial charge in [-0.25, -0.2) is 0 Å². The number of hydrogen-bond acceptors (Lipinski definition) is 4. The van der Waals surface area contributed by atoms with Crippen molar-refractivity contribution >= 4 is 39.4 Å². The summed E-state index contributed by atoms with van der Waals surface area (Å²) in [5.74, 6) is -0.739. The Morgan fingerprint density at radius 2 is 1.96 bits per heavy atom. The Bertz CT molecular complexity index is 882. The monoisotopic (exact) mass is 384 g/mol. The van der Waals surface area contributed by atoms with Gasteiger partial charge in [0.05, 0.1) is 10.2 Å². The van der Waals surface area contributed by atoms with E-state index in [9.17, 15) is 20.0 Å². The predicted molar refractivity (Wildman–Crippen MR) is 94.5 cm³/mol. The number of hydrogen-bond donors (Lipinski definition) is 2. The van der Waals surface area contributed by atoms with Crippen LogP contribution in [0.3, 0.4) is 0 Å². The number of nitrogens with zero attached hydrogens (tertiary/aromatic N) is 1. The molecule has 0 aliphatic rings. The molecule has 0 bridgehead atoms. The second kappa shape index (κ2) is 7.57. The maximum Gasteiger partial charge on any atom is 0.266 e. The molecule has 120 valence electrons. The number of phenols is 1. The van der Waals surface area contributed by atoms with E-state index in [0.29, 0.717) is 21.3 Å². The van der Waals surface area contributed by atoms with Crippen LogP contribution in [0, 0.1) is 11.3 Å². The molecule has 0 saturated heterocycles. The summed E-state index contributed by atoms with van der Waals surface area (Å²) in [7, 11) is 0. The molecule has 1 amide bonds. The molecule has 0 saturated carbocycles. The summed E-state index contributed by atoms with van der Waals surface area (Å²) in [6.07, 6.45) is 1.40. The van der Waals surface area contributed by atoms with Crippen molar-refractivity contribution in [3.63, 3.8) is 0 Å². The lowest BCUT2D eigenvalue weighted by molar-refractivity contribution is -0.112. The fourth-order valence-electron chi connectivity index (χ4n) is 2.02. The number of phenolic OH excluding ortho intramolecular Hbond substituents is 1. The molecule has 2 N–H and O–H groups in total. The molecule has 0 aliphatic heterocycles. The Labute approximate surface area is 147 Å². The van der Waals surface area contributed by atoms with Crippen molar-refractivity contribution in [2.45, 2.75) is 6.92 Å². The van der Waals surface area contributed by atoms with Crippen LogP contribution < -0.4 is 5.32 Å². The van der Waals surface area contributed by atoms with Crippen LogP contribution >= 0.6 is 15.9 Å². The highest BCUT2D eigenvalue weighted by atomic mass is 79.9. The first-order chi connectivity index (χ1) is 11.4. The van der Waals surface area contributed by atoms with Crippen molar-refractivity contribution < 1.29 is 14.7 Å². The second-order valence-corrected chi connectivity index (χ2v) is 5.79. The topological polar surface area (TPSA) is 90.2 Å². The summed E-state index contributed by atoms with van der Waals surface area (Å²) < 4.78 is 0.455. The molecule has 6 heteroatoms. The summed E-state index contributed by atoms with van der Waals surface area (Å²) in [6, 6.07) is 13.0. The van der Waals surface area contributed by atoms with Crippen LogP contribution in [0.25, 0.3) is 6.08 Å². The Morgan fingerprint density at radius 1 is 1.25 bits per heavy atom. The molecule has 0 spiro atoms. The number of para-hydroxylation sites is 1. The van der Waals surface area contributed by atoms with Gasteiger partial charge in [0.2, 0.25) is 0 Å². The number of benzene rings is 2. The zero-order valence-corrected chi connectivity index (χ0v) is 14.3. The molecule has 5 nitrogen and oxygen atoms in total. The number of ketones is 1. The molecule has 0 heterocycles. The fourth-order valence-corrected chi connectivity index (χ4v) is 2.41. The standard InChI is InChI=1S/C18H13BrN2O3/c1-11(22)14-4-2-3-5-16(14)21-18(24)13(10-20)8-12-6-7-17(23)15(19)9-12/h2-9,23H,1H3,(H,21,24)/b13-8-. The molecule has 0 aliphatic carbocycles. The normalized spacial score (nSPS) is 10.8. The molecule has 24 heavy (non-hydrogen) atoms. The van der Waals surface area contributed by atoms with Crippen LogP contribution in [0.5, 0.6) is 5.75 Å². The van der Waals surface area contributed by atoms with E-state index in [1.807, 2.05) is 6.07 Å². The van der Waals surface area contributed by atoms with Gasteiger partial charge in [-0.3, -0.25) is 9.59 Å². The number of carbonyl (C=O) groups excluding carboxylic acids is 2. The van der Waals surface area contributed by atoms with Crippen LogP contribution in [0.1, 0.15) is 22.8 Å². The van der Waals surface area contributed by atoms with Crippen LogP contribution in [-0.2, 0) is 4.79 Å². The third-order valence-corrected chi connectivity index (χ3v) is 3.84. The molecule has 2 rings (SSSR count). The predicted octanol–water partition coefficient (Wildman–Crippen LogP) is 3.90. The van der Waals surface area contributed by atoms with Gasteiger partial charge in [0.25, 0.3) is 5.91 Å². The van der Waals surface area contributed by atoms with Crippen molar-refractivity contribution in [2.24, 2.45) is 0 Å². The van der Waals surface area contributed by atoms with E-state index in [0.717, 1.165) is 0 Å². The Hall–Kier alpha value is -2.91. The van der Waals surface area contributed by atoms with Crippen LogP contribution in [0.4, 0.5) is 5.69 Å². The Kier molecular flexibility index (Phi) is 5.51. The fraction of sp³-hybridized carbons (Fsp3) is 0.0556. The number of anilines is 1. The highest BCUT2D eigenvalue weighted by Gasteiger charge is 2.13. The van der Waals surface area contributed by atoms with Crippen molar-refractivity contribution in [1.29, 1.82) is 5.26 Å². The van der Waals surface area contributed by atoms with E-state index in [-0.39, 0.29) is 17.1 Å². The minimum atomic E-state index is -0.615. The number of halogens is 1. The molecule has 2 aromatic carbocycles. The maximum atomic E-state index is 12.3. The number of amides is 1. The summed E-state index contributed by atoms with van der Waals surface area (Å²) in [6.45, 7) is 1.40. The average molecular weight is 385 g/mol. The smallest absolute Gasteiger partial charge is 0.266 e. The summed E-state index contributed by atoms with van der Waals surface area (Å²) >= 11 is 3.17. The minimum absolute atomic E-state index is 0.0606. The van der Waals surface area contributed by atoms with Gasteiger partial charge >= 0.3 is 0 Å². The largest absolute Gasteiger partial charge is 0.507 e. The van der Waals surface area contributed by atoms with Crippen LogP contribution in [-0.4, -0.2) is 16.8 Å². The van der Waals surface area contributed by atoms with E-state index >= 15 is 0 Å². The zero-order valence-electron chi connectivity index (χ0n) is 12.7. The molecule has 0 fully saturated rings. The van der Waals surface area contributed by atoms with E-state index in [1.54, 1.807) is 36.4 Å². The number of nitriles is 1. The molecule has 2 aromatic rings. The van der Waals surface area contributed by atoms with E-state index in [1.165, 1.54) is 19.1 Å². The quantitative estimate of drug-likeness (QED) is 0.475. The van der Waals surface area contributed by atoms with Gasteiger partial charge in [0.1, 0.15) is 17.4 Å². The first kappa shape index (κ1) is 17.4. The number of carbonyl (C=O) groups is 2. The number of rotatable bonds is 4. The summed E-state index contributed by atoms with van der Waals surface area (Å²) in [5, 5.41) is 21.3. The van der Waals surface area contributed by atoms with Gasteiger partial charge in [0.15, 0.2) is 5.78 Å². The SMILES string of the molecule is CC(=O)c1ccccc1NC(=O)/C(C#N)=C\c1ccc(O)c(Br)c1.